The summed E-state index contributed by atoms with van der Waals surface area (Å²) in [6.45, 7) is 2.87. The molecule has 24 heavy (non-hydrogen) atoms. The van der Waals surface area contributed by atoms with E-state index in [0.717, 1.165) is 41.4 Å². The zero-order valence-electron chi connectivity index (χ0n) is 14.1. The highest BCUT2D eigenvalue weighted by Crippen LogP contribution is 2.30. The maximum Gasteiger partial charge on any atom is 0.264 e. The summed E-state index contributed by atoms with van der Waals surface area (Å²) in [6, 6.07) is 1.81. The zero-order chi connectivity index (χ0) is 17.5. The van der Waals surface area contributed by atoms with Crippen LogP contribution in [0.15, 0.2) is 6.07 Å². The van der Waals surface area contributed by atoms with Crippen molar-refractivity contribution in [3.8, 4) is 0 Å². The number of piperidine rings is 1. The third-order valence-corrected chi connectivity index (χ3v) is 6.26. The lowest BCUT2D eigenvalue weighted by atomic mass is 10.0. The third-order valence-electron chi connectivity index (χ3n) is 4.38. The van der Waals surface area contributed by atoms with Gasteiger partial charge in [0, 0.05) is 31.6 Å². The molecule has 1 fully saturated rings. The van der Waals surface area contributed by atoms with Crippen LogP contribution in [0.25, 0.3) is 10.2 Å². The Hall–Kier alpha value is -1.45. The van der Waals surface area contributed by atoms with Crippen LogP contribution >= 0.6 is 11.3 Å². The number of nitrogens with zero attached hydrogens (tertiary/aromatic N) is 3. The molecular weight excluding hydrogens is 348 g/mol. The number of fused-ring (bicyclic) bond motifs is 1. The Kier molecular flexibility index (Phi) is 4.67. The summed E-state index contributed by atoms with van der Waals surface area (Å²) in [6.07, 6.45) is 3.92. The summed E-state index contributed by atoms with van der Waals surface area (Å²) in [7, 11) is -1.38. The van der Waals surface area contributed by atoms with Crippen molar-refractivity contribution in [2.75, 3.05) is 19.3 Å². The van der Waals surface area contributed by atoms with E-state index in [-0.39, 0.29) is 18.5 Å². The summed E-state index contributed by atoms with van der Waals surface area (Å²) >= 11 is 1.44. The quantitative estimate of drug-likeness (QED) is 0.884. The van der Waals surface area contributed by atoms with E-state index >= 15 is 0 Å². The fourth-order valence-electron chi connectivity index (χ4n) is 3.18. The highest BCUT2D eigenvalue weighted by molar-refractivity contribution is 7.88. The van der Waals surface area contributed by atoms with Crippen molar-refractivity contribution in [1.82, 2.24) is 19.4 Å². The van der Waals surface area contributed by atoms with E-state index in [1.807, 2.05) is 24.9 Å². The Morgan fingerprint density at radius 2 is 2.21 bits per heavy atom. The van der Waals surface area contributed by atoms with Crippen molar-refractivity contribution in [1.29, 1.82) is 0 Å². The lowest BCUT2D eigenvalue weighted by Crippen LogP contribution is -2.49. The molecule has 1 aliphatic heterocycles. The summed E-state index contributed by atoms with van der Waals surface area (Å²) in [5, 5.41) is 5.37. The molecule has 0 spiro atoms. The minimum Gasteiger partial charge on any atom is -0.334 e. The van der Waals surface area contributed by atoms with Crippen molar-refractivity contribution in [2.45, 2.75) is 32.2 Å². The Bertz CT molecular complexity index is 834. The third kappa shape index (κ3) is 3.47. The monoisotopic (exact) mass is 370 g/mol. The van der Waals surface area contributed by atoms with E-state index in [1.54, 1.807) is 4.68 Å². The summed E-state index contributed by atoms with van der Waals surface area (Å²) in [5.74, 6) is -0.0180. The van der Waals surface area contributed by atoms with Gasteiger partial charge in [-0.3, -0.25) is 9.48 Å². The van der Waals surface area contributed by atoms with Gasteiger partial charge in [-0.2, -0.15) is 5.10 Å². The lowest BCUT2D eigenvalue weighted by molar-refractivity contribution is 0.0624. The number of carbonyl (C=O) groups excluding carboxylic acids is 1. The largest absolute Gasteiger partial charge is 0.334 e. The zero-order valence-corrected chi connectivity index (χ0v) is 15.7. The normalized spacial score (nSPS) is 19.1. The van der Waals surface area contributed by atoms with Crippen LogP contribution < -0.4 is 4.72 Å². The van der Waals surface area contributed by atoms with Gasteiger partial charge in [-0.25, -0.2) is 13.1 Å². The number of rotatable bonds is 4. The van der Waals surface area contributed by atoms with Gasteiger partial charge in [0.15, 0.2) is 0 Å². The fourth-order valence-corrected chi connectivity index (χ4v) is 4.75. The Morgan fingerprint density at radius 3 is 2.88 bits per heavy atom. The molecule has 1 N–H and O–H groups in total. The van der Waals surface area contributed by atoms with Crippen molar-refractivity contribution in [2.24, 2.45) is 7.05 Å². The molecule has 3 rings (SSSR count). The van der Waals surface area contributed by atoms with Crippen LogP contribution in [0.3, 0.4) is 0 Å². The van der Waals surface area contributed by atoms with E-state index in [9.17, 15) is 13.2 Å². The smallest absolute Gasteiger partial charge is 0.264 e. The van der Waals surface area contributed by atoms with Crippen LogP contribution in [0.1, 0.15) is 34.6 Å². The van der Waals surface area contributed by atoms with E-state index in [4.69, 9.17) is 0 Å². The summed E-state index contributed by atoms with van der Waals surface area (Å²) in [4.78, 5) is 16.4. The molecule has 0 bridgehead atoms. The van der Waals surface area contributed by atoms with Gasteiger partial charge in [-0.05, 0) is 32.3 Å². The highest BCUT2D eigenvalue weighted by atomic mass is 32.2. The molecule has 2 aromatic heterocycles. The van der Waals surface area contributed by atoms with Crippen LogP contribution in [-0.4, -0.2) is 54.4 Å². The maximum absolute atomic E-state index is 13.0. The first-order valence-electron chi connectivity index (χ1n) is 7.95. The summed E-state index contributed by atoms with van der Waals surface area (Å²) in [5.41, 5.74) is 0.914. The molecule has 1 saturated heterocycles. The van der Waals surface area contributed by atoms with Crippen LogP contribution in [0, 0.1) is 6.92 Å². The van der Waals surface area contributed by atoms with Crippen LogP contribution in [0.4, 0.5) is 0 Å². The molecule has 1 atom stereocenters. The molecule has 0 radical (unpaired) electrons. The molecule has 2 aromatic rings. The molecule has 1 aliphatic rings. The predicted molar refractivity (Wildman–Crippen MR) is 94.9 cm³/mol. The van der Waals surface area contributed by atoms with E-state index in [0.29, 0.717) is 11.4 Å². The number of aryl methyl sites for hydroxylation is 2. The van der Waals surface area contributed by atoms with Crippen molar-refractivity contribution < 1.29 is 13.2 Å². The molecule has 1 unspecified atom stereocenters. The minimum absolute atomic E-state index is 0.0180. The van der Waals surface area contributed by atoms with Crippen LogP contribution in [0.2, 0.25) is 0 Å². The number of likely N-dealkylation sites (tertiary alicyclic amines) is 1. The maximum atomic E-state index is 13.0. The molecule has 9 heteroatoms. The Balaban J connectivity index is 1.83. The number of aromatic nitrogens is 2. The summed E-state index contributed by atoms with van der Waals surface area (Å²) < 4.78 is 27.0. The average molecular weight is 370 g/mol. The van der Waals surface area contributed by atoms with Crippen LogP contribution in [0.5, 0.6) is 0 Å². The first kappa shape index (κ1) is 17.4. The highest BCUT2D eigenvalue weighted by Gasteiger charge is 2.29. The van der Waals surface area contributed by atoms with Gasteiger partial charge in [-0.15, -0.1) is 11.3 Å². The van der Waals surface area contributed by atoms with Crippen molar-refractivity contribution in [3.63, 3.8) is 0 Å². The topological polar surface area (TPSA) is 84.3 Å². The lowest BCUT2D eigenvalue weighted by Gasteiger charge is -2.35. The Labute approximate surface area is 145 Å². The second-order valence-electron chi connectivity index (χ2n) is 6.31. The number of nitrogens with one attached hydrogen (secondary N) is 1. The standard InChI is InChI=1S/C15H22N4O3S2/c1-10-12-8-13(23-15(12)18(2)17-10)14(20)19-7-5-4-6-11(19)9-16-24(3,21)22/h8,11,16H,4-7,9H2,1-3H3. The number of hydrogen-bond acceptors (Lipinski definition) is 5. The van der Waals surface area contributed by atoms with Gasteiger partial charge >= 0.3 is 0 Å². The molecule has 0 aliphatic carbocycles. The first-order valence-corrected chi connectivity index (χ1v) is 10.7. The van der Waals surface area contributed by atoms with Gasteiger partial charge < -0.3 is 4.90 Å². The number of amides is 1. The van der Waals surface area contributed by atoms with Gasteiger partial charge in [-0.1, -0.05) is 0 Å². The van der Waals surface area contributed by atoms with E-state index in [1.165, 1.54) is 11.3 Å². The molecule has 3 heterocycles. The van der Waals surface area contributed by atoms with E-state index < -0.39 is 10.0 Å². The molecule has 0 aromatic carbocycles. The predicted octanol–water partition coefficient (Wildman–Crippen LogP) is 1.49. The van der Waals surface area contributed by atoms with Gasteiger partial charge in [0.25, 0.3) is 5.91 Å². The van der Waals surface area contributed by atoms with Crippen molar-refractivity contribution >= 4 is 37.5 Å². The molecule has 0 saturated carbocycles. The second kappa shape index (κ2) is 6.45. The molecule has 1 amide bonds. The SMILES string of the molecule is Cc1nn(C)c2sc(C(=O)N3CCCCC3CNS(C)(=O)=O)cc12. The first-order chi connectivity index (χ1) is 11.3. The molecule has 132 valence electrons. The second-order valence-corrected chi connectivity index (χ2v) is 9.17. The minimum atomic E-state index is -3.26. The number of hydrogen-bond donors (Lipinski definition) is 1. The number of thiophene rings is 1. The molecule has 7 nitrogen and oxygen atoms in total. The number of carbonyl (C=O) groups is 1. The van der Waals surface area contributed by atoms with Crippen molar-refractivity contribution in [3.05, 3.63) is 16.6 Å². The van der Waals surface area contributed by atoms with Crippen LogP contribution in [-0.2, 0) is 17.1 Å². The average Bonchev–Trinajstić information content (AvgIpc) is 3.06. The van der Waals surface area contributed by atoms with Gasteiger partial charge in [0.2, 0.25) is 10.0 Å². The Morgan fingerprint density at radius 1 is 1.46 bits per heavy atom. The molecular formula is C15H22N4O3S2. The fraction of sp³-hybridized carbons (Fsp3) is 0.600. The van der Waals surface area contributed by atoms with Gasteiger partial charge in [0.1, 0.15) is 4.83 Å². The van der Waals surface area contributed by atoms with Gasteiger partial charge in [0.05, 0.1) is 16.8 Å². The number of sulfonamides is 1. The van der Waals surface area contributed by atoms with E-state index in [2.05, 4.69) is 9.82 Å².